The van der Waals surface area contributed by atoms with Crippen molar-refractivity contribution in [2.75, 3.05) is 14.2 Å². The van der Waals surface area contributed by atoms with E-state index in [0.717, 1.165) is 15.6 Å². The summed E-state index contributed by atoms with van der Waals surface area (Å²) in [6, 6.07) is 15.6. The van der Waals surface area contributed by atoms with E-state index in [1.54, 1.807) is 42.5 Å². The number of hydrogen-bond acceptors (Lipinski definition) is 4. The van der Waals surface area contributed by atoms with Gasteiger partial charge in [0.15, 0.2) is 0 Å². The highest BCUT2D eigenvalue weighted by molar-refractivity contribution is 6.26. The summed E-state index contributed by atoms with van der Waals surface area (Å²) in [5.41, 5.74) is 1.92. The van der Waals surface area contributed by atoms with E-state index >= 15 is 0 Å². The van der Waals surface area contributed by atoms with Gasteiger partial charge in [0.25, 0.3) is 17.7 Å². The molecule has 0 saturated carbocycles. The Morgan fingerprint density at radius 2 is 1.61 bits per heavy atom. The first-order valence-corrected chi connectivity index (χ1v) is 8.77. The smallest absolute Gasteiger partial charge is 0.280 e. The zero-order valence-corrected chi connectivity index (χ0v) is 15.7. The first-order valence-electron chi connectivity index (χ1n) is 8.77. The Morgan fingerprint density at radius 3 is 2.29 bits per heavy atom. The van der Waals surface area contributed by atoms with Crippen LogP contribution in [0.1, 0.15) is 36.6 Å². The van der Waals surface area contributed by atoms with Gasteiger partial charge in [-0.3, -0.25) is 14.4 Å². The van der Waals surface area contributed by atoms with Gasteiger partial charge < -0.3 is 4.74 Å². The van der Waals surface area contributed by atoms with E-state index in [9.17, 15) is 14.4 Å². The molecule has 6 nitrogen and oxygen atoms in total. The molecule has 0 unspecified atom stereocenters. The molecule has 6 heteroatoms. The summed E-state index contributed by atoms with van der Waals surface area (Å²) in [6.45, 7) is 1.81. The number of carbonyl (C=O) groups is 3. The summed E-state index contributed by atoms with van der Waals surface area (Å²) in [7, 11) is 2.97. The van der Waals surface area contributed by atoms with Crippen LogP contribution in [0.5, 0.6) is 5.75 Å². The molecule has 4 rings (SSSR count). The maximum atomic E-state index is 13.1. The maximum Gasteiger partial charge on any atom is 0.280 e. The molecule has 0 radical (unpaired) electrons. The van der Waals surface area contributed by atoms with Crippen molar-refractivity contribution in [3.8, 4) is 5.75 Å². The summed E-state index contributed by atoms with van der Waals surface area (Å²) in [5.74, 6) is -0.926. The number of hydrazine groups is 1. The second-order valence-electron chi connectivity index (χ2n) is 6.61. The molecule has 0 bridgehead atoms. The van der Waals surface area contributed by atoms with Crippen molar-refractivity contribution in [2.45, 2.75) is 6.92 Å². The zero-order valence-electron chi connectivity index (χ0n) is 15.7. The minimum atomic E-state index is -0.541. The van der Waals surface area contributed by atoms with Crippen LogP contribution < -0.4 is 4.74 Å². The molecule has 0 aliphatic carbocycles. The van der Waals surface area contributed by atoms with E-state index in [0.29, 0.717) is 33.2 Å². The highest BCUT2D eigenvalue weighted by Gasteiger charge is 2.38. The number of carbonyl (C=O) groups excluding carboxylic acids is 3. The number of methoxy groups -OCH3 is 1. The lowest BCUT2D eigenvalue weighted by atomic mass is 9.94. The number of amides is 3. The van der Waals surface area contributed by atoms with Crippen molar-refractivity contribution in [3.63, 3.8) is 0 Å². The molecule has 3 aromatic rings. The van der Waals surface area contributed by atoms with Crippen LogP contribution in [0.3, 0.4) is 0 Å². The summed E-state index contributed by atoms with van der Waals surface area (Å²) in [4.78, 5) is 39.3. The predicted molar refractivity (Wildman–Crippen MR) is 104 cm³/mol. The molecule has 0 N–H and O–H groups in total. The van der Waals surface area contributed by atoms with Crippen molar-refractivity contribution in [1.29, 1.82) is 0 Å². The molecule has 1 heterocycles. The Bertz CT molecular complexity index is 1130. The van der Waals surface area contributed by atoms with Crippen LogP contribution in [-0.2, 0) is 0 Å². The van der Waals surface area contributed by atoms with Crippen LogP contribution in [0.2, 0.25) is 0 Å². The lowest BCUT2D eigenvalue weighted by Crippen LogP contribution is -2.52. The molecule has 0 fully saturated rings. The van der Waals surface area contributed by atoms with Crippen LogP contribution in [0.25, 0.3) is 10.8 Å². The Labute approximate surface area is 161 Å². The van der Waals surface area contributed by atoms with Gasteiger partial charge in [0.2, 0.25) is 0 Å². The van der Waals surface area contributed by atoms with E-state index in [1.807, 2.05) is 19.1 Å². The molecular formula is C22H18N2O4. The summed E-state index contributed by atoms with van der Waals surface area (Å²) >= 11 is 0. The number of imide groups is 1. The number of hydrogen-bond donors (Lipinski definition) is 0. The SMILES string of the molecule is COc1ccc2c3c(cccc13)C(=O)N(N(C)C(=O)c1ccccc1C)C2=O. The number of rotatable bonds is 3. The summed E-state index contributed by atoms with van der Waals surface area (Å²) in [6.07, 6.45) is 0. The standard InChI is InChI=1S/C22H18N2O4/c1-13-7-4-5-8-14(13)20(25)23(2)24-21(26)16-10-6-9-15-18(28-3)12-11-17(19(15)16)22(24)27/h4-12H,1-3H3. The van der Waals surface area contributed by atoms with Crippen LogP contribution in [0.15, 0.2) is 54.6 Å². The van der Waals surface area contributed by atoms with Gasteiger partial charge in [0.1, 0.15) is 5.75 Å². The molecule has 1 aliphatic rings. The van der Waals surface area contributed by atoms with E-state index in [4.69, 9.17) is 4.74 Å². The van der Waals surface area contributed by atoms with Crippen LogP contribution in [0.4, 0.5) is 0 Å². The van der Waals surface area contributed by atoms with Crippen LogP contribution >= 0.6 is 0 Å². The quantitative estimate of drug-likeness (QED) is 0.659. The minimum absolute atomic E-state index is 0.357. The highest BCUT2D eigenvalue weighted by atomic mass is 16.5. The average molecular weight is 374 g/mol. The number of ether oxygens (including phenoxy) is 1. The molecule has 0 aromatic heterocycles. The van der Waals surface area contributed by atoms with Crippen LogP contribution in [-0.4, -0.2) is 41.9 Å². The molecule has 3 amide bonds. The van der Waals surface area contributed by atoms with E-state index in [1.165, 1.54) is 14.2 Å². The van der Waals surface area contributed by atoms with Gasteiger partial charge in [0, 0.05) is 23.4 Å². The fourth-order valence-corrected chi connectivity index (χ4v) is 3.59. The Morgan fingerprint density at radius 1 is 0.929 bits per heavy atom. The summed E-state index contributed by atoms with van der Waals surface area (Å²) < 4.78 is 5.36. The molecule has 1 aliphatic heterocycles. The molecule has 0 saturated heterocycles. The first-order chi connectivity index (χ1) is 13.5. The van der Waals surface area contributed by atoms with Gasteiger partial charge in [0.05, 0.1) is 18.2 Å². The van der Waals surface area contributed by atoms with Crippen molar-refractivity contribution in [3.05, 3.63) is 76.9 Å². The van der Waals surface area contributed by atoms with E-state index < -0.39 is 17.7 Å². The monoisotopic (exact) mass is 374 g/mol. The topological polar surface area (TPSA) is 66.9 Å². The second-order valence-corrected chi connectivity index (χ2v) is 6.61. The predicted octanol–water partition coefficient (Wildman–Crippen LogP) is 3.44. The Balaban J connectivity index is 1.83. The number of benzene rings is 3. The van der Waals surface area contributed by atoms with Gasteiger partial charge in [-0.25, -0.2) is 5.01 Å². The first kappa shape index (κ1) is 17.7. The fraction of sp³-hybridized carbons (Fsp3) is 0.136. The third kappa shape index (κ3) is 2.45. The van der Waals surface area contributed by atoms with Crippen LogP contribution in [0, 0.1) is 6.92 Å². The third-order valence-electron chi connectivity index (χ3n) is 5.04. The molecule has 140 valence electrons. The molecule has 3 aromatic carbocycles. The van der Waals surface area contributed by atoms with Gasteiger partial charge in [-0.05, 0) is 36.8 Å². The van der Waals surface area contributed by atoms with Crippen molar-refractivity contribution < 1.29 is 19.1 Å². The molecular weight excluding hydrogens is 356 g/mol. The lowest BCUT2D eigenvalue weighted by molar-refractivity contribution is 0.00889. The lowest BCUT2D eigenvalue weighted by Gasteiger charge is -2.34. The maximum absolute atomic E-state index is 13.1. The average Bonchev–Trinajstić information content (AvgIpc) is 2.71. The minimum Gasteiger partial charge on any atom is -0.496 e. The fourth-order valence-electron chi connectivity index (χ4n) is 3.59. The number of aryl methyl sites for hydroxylation is 1. The van der Waals surface area contributed by atoms with E-state index in [-0.39, 0.29) is 0 Å². The second kappa shape index (κ2) is 6.49. The molecule has 0 spiro atoms. The summed E-state index contributed by atoms with van der Waals surface area (Å²) in [5, 5.41) is 3.22. The van der Waals surface area contributed by atoms with Gasteiger partial charge in [-0.2, -0.15) is 5.01 Å². The normalized spacial score (nSPS) is 13.0. The highest BCUT2D eigenvalue weighted by Crippen LogP contribution is 2.35. The van der Waals surface area contributed by atoms with Crippen molar-refractivity contribution in [2.24, 2.45) is 0 Å². The molecule has 28 heavy (non-hydrogen) atoms. The third-order valence-corrected chi connectivity index (χ3v) is 5.04. The molecule has 0 atom stereocenters. The van der Waals surface area contributed by atoms with E-state index in [2.05, 4.69) is 0 Å². The Hall–Kier alpha value is -3.67. The largest absolute Gasteiger partial charge is 0.496 e. The van der Waals surface area contributed by atoms with Crippen molar-refractivity contribution in [1.82, 2.24) is 10.0 Å². The van der Waals surface area contributed by atoms with Gasteiger partial charge >= 0.3 is 0 Å². The zero-order chi connectivity index (χ0) is 20.0. The van der Waals surface area contributed by atoms with Crippen molar-refractivity contribution >= 4 is 28.5 Å². The van der Waals surface area contributed by atoms with Gasteiger partial charge in [-0.15, -0.1) is 0 Å². The number of nitrogens with zero attached hydrogens (tertiary/aromatic N) is 2. The Kier molecular flexibility index (Phi) is 4.11. The van der Waals surface area contributed by atoms with Gasteiger partial charge in [-0.1, -0.05) is 30.3 Å².